The van der Waals surface area contributed by atoms with Crippen LogP contribution in [-0.2, 0) is 15.3 Å². The van der Waals surface area contributed by atoms with E-state index >= 15 is 0 Å². The zero-order valence-corrected chi connectivity index (χ0v) is 17.9. The maximum Gasteiger partial charge on any atom is 0.446 e. The lowest BCUT2D eigenvalue weighted by Crippen LogP contribution is -2.16. The van der Waals surface area contributed by atoms with Crippen LogP contribution in [0.5, 0.6) is 0 Å². The summed E-state index contributed by atoms with van der Waals surface area (Å²) in [6.07, 6.45) is 4.34. The van der Waals surface area contributed by atoms with Crippen LogP contribution in [0.1, 0.15) is 26.3 Å². The molecule has 0 spiro atoms. The second-order valence-corrected chi connectivity index (χ2v) is 10.4. The van der Waals surface area contributed by atoms with Crippen molar-refractivity contribution in [1.29, 1.82) is 5.26 Å². The van der Waals surface area contributed by atoms with Crippen molar-refractivity contribution in [1.82, 2.24) is 14.4 Å². The van der Waals surface area contributed by atoms with Gasteiger partial charge in [0.1, 0.15) is 17.0 Å². The Morgan fingerprint density at radius 3 is 2.57 bits per heavy atom. The average molecular weight is 454 g/mol. The minimum Gasteiger partial charge on any atom is -0.306 e. The van der Waals surface area contributed by atoms with Gasteiger partial charge in [-0.05, 0) is 49.4 Å². The highest BCUT2D eigenvalue weighted by atomic mass is 32.2. The zero-order chi connectivity index (χ0) is 22.3. The minimum absolute atomic E-state index is 0.0346. The lowest BCUT2D eigenvalue weighted by Gasteiger charge is -2.17. The molecule has 0 aliphatic rings. The number of pyridine rings is 2. The Morgan fingerprint density at radius 2 is 1.97 bits per heavy atom. The molecule has 0 bridgehead atoms. The molecular formula is C19H17F3N4O2S2. The molecule has 0 atom stereocenters. The number of aromatic nitrogens is 3. The molecule has 0 unspecified atom stereocenters. The van der Waals surface area contributed by atoms with Crippen LogP contribution in [0.25, 0.3) is 17.0 Å². The summed E-state index contributed by atoms with van der Waals surface area (Å²) < 4.78 is 64.8. The molecule has 11 heteroatoms. The predicted octanol–water partition coefficient (Wildman–Crippen LogP) is 4.60. The molecule has 0 saturated heterocycles. The smallest absolute Gasteiger partial charge is 0.306 e. The van der Waals surface area contributed by atoms with E-state index in [1.807, 2.05) is 0 Å². The van der Waals surface area contributed by atoms with Gasteiger partial charge in [0.2, 0.25) is 0 Å². The van der Waals surface area contributed by atoms with Crippen LogP contribution >= 0.6 is 11.8 Å². The van der Waals surface area contributed by atoms with Crippen molar-refractivity contribution in [3.05, 3.63) is 42.4 Å². The Hall–Kier alpha value is -2.58. The Kier molecular flexibility index (Phi) is 5.60. The second-order valence-electron chi connectivity index (χ2n) is 7.01. The number of fused-ring (bicyclic) bond motifs is 1. The number of nitrogens with zero attached hydrogens (tertiary/aromatic N) is 4. The summed E-state index contributed by atoms with van der Waals surface area (Å²) in [5, 5.41) is 9.36. The van der Waals surface area contributed by atoms with Gasteiger partial charge in [0.25, 0.3) is 0 Å². The first-order valence-electron chi connectivity index (χ1n) is 8.76. The monoisotopic (exact) mass is 454 g/mol. The van der Waals surface area contributed by atoms with Gasteiger partial charge in [-0.3, -0.25) is 4.98 Å². The number of hydrogen-bond donors (Lipinski definition) is 0. The van der Waals surface area contributed by atoms with Crippen molar-refractivity contribution >= 4 is 27.2 Å². The molecule has 0 radical (unpaired) electrons. The number of rotatable bonds is 5. The van der Waals surface area contributed by atoms with Crippen LogP contribution in [0.2, 0.25) is 0 Å². The van der Waals surface area contributed by atoms with Gasteiger partial charge in [0.15, 0.2) is 9.84 Å². The Morgan fingerprint density at radius 1 is 1.27 bits per heavy atom. The first kappa shape index (κ1) is 22.1. The minimum atomic E-state index is -4.43. The molecule has 3 rings (SSSR count). The highest BCUT2D eigenvalue weighted by Gasteiger charge is 2.30. The van der Waals surface area contributed by atoms with E-state index in [2.05, 4.69) is 16.0 Å². The maximum absolute atomic E-state index is 12.7. The molecule has 0 aliphatic carbocycles. The number of nitriles is 1. The summed E-state index contributed by atoms with van der Waals surface area (Å²) in [6.45, 7) is 4.79. The molecule has 0 N–H and O–H groups in total. The Labute approximate surface area is 175 Å². The normalized spacial score (nSPS) is 12.8. The van der Waals surface area contributed by atoms with Gasteiger partial charge in [0.05, 0.1) is 22.1 Å². The third-order valence-corrected chi connectivity index (χ3v) is 6.94. The Balaban J connectivity index is 2.17. The molecule has 3 aromatic rings. The molecule has 0 aromatic carbocycles. The van der Waals surface area contributed by atoms with Crippen LogP contribution in [0.15, 0.2) is 46.6 Å². The van der Waals surface area contributed by atoms with Gasteiger partial charge >= 0.3 is 5.51 Å². The molecule has 0 saturated carbocycles. The van der Waals surface area contributed by atoms with E-state index in [0.717, 1.165) is 0 Å². The summed E-state index contributed by atoms with van der Waals surface area (Å²) in [5.74, 6) is -0.183. The summed E-state index contributed by atoms with van der Waals surface area (Å²) in [5.41, 5.74) is -4.43. The summed E-state index contributed by atoms with van der Waals surface area (Å²) in [7, 11) is -3.71. The molecule has 3 aromatic heterocycles. The number of alkyl halides is 3. The molecule has 0 aliphatic heterocycles. The quantitative estimate of drug-likeness (QED) is 0.524. The largest absolute Gasteiger partial charge is 0.446 e. The van der Waals surface area contributed by atoms with Gasteiger partial charge in [-0.1, -0.05) is 6.92 Å². The average Bonchev–Trinajstić information content (AvgIpc) is 3.09. The number of thioether (sulfide) groups is 1. The molecule has 0 fully saturated rings. The van der Waals surface area contributed by atoms with Crippen LogP contribution in [0, 0.1) is 11.3 Å². The first-order chi connectivity index (χ1) is 13.9. The van der Waals surface area contributed by atoms with E-state index in [-0.39, 0.29) is 44.3 Å². The third-order valence-electron chi connectivity index (χ3n) is 4.48. The van der Waals surface area contributed by atoms with E-state index in [0.29, 0.717) is 5.56 Å². The first-order valence-corrected chi connectivity index (χ1v) is 11.2. The number of halogens is 3. The van der Waals surface area contributed by atoms with E-state index in [1.54, 1.807) is 13.8 Å². The van der Waals surface area contributed by atoms with Crippen molar-refractivity contribution in [3.8, 4) is 17.5 Å². The van der Waals surface area contributed by atoms with Gasteiger partial charge in [-0.2, -0.15) is 18.4 Å². The van der Waals surface area contributed by atoms with Crippen molar-refractivity contribution in [2.45, 2.75) is 41.5 Å². The van der Waals surface area contributed by atoms with E-state index < -0.39 is 20.8 Å². The number of sulfone groups is 1. The van der Waals surface area contributed by atoms with E-state index in [9.17, 15) is 26.9 Å². The lowest BCUT2D eigenvalue weighted by atomic mass is 9.87. The fourth-order valence-electron chi connectivity index (χ4n) is 2.71. The van der Waals surface area contributed by atoms with Crippen molar-refractivity contribution < 1.29 is 21.6 Å². The van der Waals surface area contributed by atoms with Crippen LogP contribution in [-0.4, -0.2) is 34.0 Å². The van der Waals surface area contributed by atoms with Gasteiger partial charge in [0, 0.05) is 23.5 Å². The summed E-state index contributed by atoms with van der Waals surface area (Å²) in [6, 6.07) is 6.09. The lowest BCUT2D eigenvalue weighted by molar-refractivity contribution is -0.0328. The van der Waals surface area contributed by atoms with E-state index in [1.165, 1.54) is 48.1 Å². The zero-order valence-electron chi connectivity index (χ0n) is 16.2. The second kappa shape index (κ2) is 7.59. The third kappa shape index (κ3) is 4.44. The molecule has 0 amide bonds. The van der Waals surface area contributed by atoms with Crippen LogP contribution < -0.4 is 0 Å². The standard InChI is InChI=1S/C19H17F3N4O2S2/c1-4-30(27,28)15-7-12(18(2,3)11-23)9-24-17(15)14-10-26-6-5-13(8-16(26)25-14)29-19(20,21)22/h5-10H,4H2,1-3H3. The predicted molar refractivity (Wildman–Crippen MR) is 107 cm³/mol. The molecular weight excluding hydrogens is 437 g/mol. The topological polar surface area (TPSA) is 88.1 Å². The van der Waals surface area contributed by atoms with E-state index in [4.69, 9.17) is 0 Å². The van der Waals surface area contributed by atoms with Gasteiger partial charge < -0.3 is 4.40 Å². The van der Waals surface area contributed by atoms with Crippen LogP contribution in [0.3, 0.4) is 0 Å². The van der Waals surface area contributed by atoms with Gasteiger partial charge in [-0.25, -0.2) is 13.4 Å². The molecule has 158 valence electrons. The highest BCUT2D eigenvalue weighted by Crippen LogP contribution is 2.37. The molecule has 6 nitrogen and oxygen atoms in total. The fourth-order valence-corrected chi connectivity index (χ4v) is 4.34. The summed E-state index contributed by atoms with van der Waals surface area (Å²) in [4.78, 5) is 8.44. The van der Waals surface area contributed by atoms with Crippen molar-refractivity contribution in [2.24, 2.45) is 0 Å². The van der Waals surface area contributed by atoms with Crippen molar-refractivity contribution in [3.63, 3.8) is 0 Å². The molecule has 30 heavy (non-hydrogen) atoms. The van der Waals surface area contributed by atoms with Crippen molar-refractivity contribution in [2.75, 3.05) is 5.75 Å². The van der Waals surface area contributed by atoms with Gasteiger partial charge in [-0.15, -0.1) is 0 Å². The van der Waals surface area contributed by atoms with Crippen LogP contribution in [0.4, 0.5) is 13.2 Å². The highest BCUT2D eigenvalue weighted by molar-refractivity contribution is 8.00. The number of imidazole rings is 1. The Bertz CT molecular complexity index is 1260. The SMILES string of the molecule is CCS(=O)(=O)c1cc(C(C)(C)C#N)cnc1-c1cn2ccc(SC(F)(F)F)cc2n1. The maximum atomic E-state index is 12.7. The molecule has 3 heterocycles. The fraction of sp³-hybridized carbons (Fsp3) is 0.316. The summed E-state index contributed by atoms with van der Waals surface area (Å²) >= 11 is -0.257. The number of hydrogen-bond acceptors (Lipinski definition) is 6.